The summed E-state index contributed by atoms with van der Waals surface area (Å²) >= 11 is 6.06. The Kier molecular flexibility index (Phi) is 7.10. The van der Waals surface area contributed by atoms with Crippen LogP contribution in [0.3, 0.4) is 0 Å². The summed E-state index contributed by atoms with van der Waals surface area (Å²) in [6.45, 7) is 1.70. The highest BCUT2D eigenvalue weighted by molar-refractivity contribution is 6.30. The van der Waals surface area contributed by atoms with Gasteiger partial charge in [-0.3, -0.25) is 9.69 Å². The SMILES string of the molecule is CN(C1CC(OCCCc2ccc3c(n2)NCCC3)C1)C(C(=O)O)c1cccc(Cl)c1. The summed E-state index contributed by atoms with van der Waals surface area (Å²) < 4.78 is 6.02. The first-order valence-corrected chi connectivity index (χ1v) is 11.4. The highest BCUT2D eigenvalue weighted by Gasteiger charge is 2.38. The van der Waals surface area contributed by atoms with Crippen LogP contribution in [0.25, 0.3) is 0 Å². The lowest BCUT2D eigenvalue weighted by atomic mass is 9.86. The van der Waals surface area contributed by atoms with Crippen LogP contribution in [0.5, 0.6) is 0 Å². The van der Waals surface area contributed by atoms with E-state index in [4.69, 9.17) is 21.3 Å². The average molecular weight is 444 g/mol. The topological polar surface area (TPSA) is 74.7 Å². The number of benzene rings is 1. The summed E-state index contributed by atoms with van der Waals surface area (Å²) in [4.78, 5) is 18.5. The van der Waals surface area contributed by atoms with Crippen molar-refractivity contribution in [3.63, 3.8) is 0 Å². The third-order valence-electron chi connectivity index (χ3n) is 6.33. The summed E-state index contributed by atoms with van der Waals surface area (Å²) in [6.07, 6.45) is 6.01. The Labute approximate surface area is 188 Å². The molecule has 1 atom stereocenters. The molecule has 0 bridgehead atoms. The van der Waals surface area contributed by atoms with Gasteiger partial charge in [-0.05, 0) is 74.9 Å². The maximum atomic E-state index is 11.9. The van der Waals surface area contributed by atoms with Gasteiger partial charge in [0.1, 0.15) is 11.9 Å². The molecule has 166 valence electrons. The van der Waals surface area contributed by atoms with Gasteiger partial charge in [-0.25, -0.2) is 4.98 Å². The Bertz CT molecular complexity index is 917. The zero-order valence-corrected chi connectivity index (χ0v) is 18.6. The monoisotopic (exact) mass is 443 g/mol. The van der Waals surface area contributed by atoms with Crippen molar-refractivity contribution >= 4 is 23.4 Å². The first-order chi connectivity index (χ1) is 15.0. The molecular formula is C24H30ClN3O3. The molecule has 1 unspecified atom stereocenters. The van der Waals surface area contributed by atoms with Crippen molar-refractivity contribution in [3.8, 4) is 0 Å². The molecule has 4 rings (SSSR count). The summed E-state index contributed by atoms with van der Waals surface area (Å²) in [7, 11) is 1.87. The first-order valence-electron chi connectivity index (χ1n) is 11.1. The van der Waals surface area contributed by atoms with Crippen LogP contribution in [0.4, 0.5) is 5.82 Å². The van der Waals surface area contributed by atoms with E-state index < -0.39 is 12.0 Å². The summed E-state index contributed by atoms with van der Waals surface area (Å²) in [6, 6.07) is 10.9. The van der Waals surface area contributed by atoms with E-state index in [1.165, 1.54) is 12.0 Å². The molecule has 2 aliphatic rings. The van der Waals surface area contributed by atoms with E-state index in [9.17, 15) is 9.90 Å². The van der Waals surface area contributed by atoms with Gasteiger partial charge in [-0.15, -0.1) is 0 Å². The third-order valence-corrected chi connectivity index (χ3v) is 6.57. The number of halogens is 1. The molecule has 31 heavy (non-hydrogen) atoms. The molecule has 1 aromatic carbocycles. The van der Waals surface area contributed by atoms with Crippen LogP contribution < -0.4 is 5.32 Å². The van der Waals surface area contributed by atoms with Gasteiger partial charge in [0.05, 0.1) is 6.10 Å². The molecule has 1 fully saturated rings. The first kappa shape index (κ1) is 22.1. The van der Waals surface area contributed by atoms with Gasteiger partial charge in [0.2, 0.25) is 0 Å². The number of aliphatic carboxylic acids is 1. The fourth-order valence-electron chi connectivity index (χ4n) is 4.46. The molecule has 1 aliphatic heterocycles. The molecule has 2 aromatic rings. The number of carboxylic acid groups (broad SMARTS) is 1. The Morgan fingerprint density at radius 1 is 1.35 bits per heavy atom. The van der Waals surface area contributed by atoms with Crippen LogP contribution in [0, 0.1) is 0 Å². The van der Waals surface area contributed by atoms with Crippen LogP contribution in [-0.4, -0.2) is 53.3 Å². The summed E-state index contributed by atoms with van der Waals surface area (Å²) in [5, 5.41) is 13.7. The van der Waals surface area contributed by atoms with Crippen LogP contribution >= 0.6 is 11.6 Å². The number of pyridine rings is 1. The predicted molar refractivity (Wildman–Crippen MR) is 122 cm³/mol. The van der Waals surface area contributed by atoms with Gasteiger partial charge in [0, 0.05) is 29.9 Å². The van der Waals surface area contributed by atoms with Crippen LogP contribution in [0.15, 0.2) is 36.4 Å². The molecule has 0 saturated heterocycles. The molecule has 2 heterocycles. The number of aromatic nitrogens is 1. The van der Waals surface area contributed by atoms with Gasteiger partial charge in [0.15, 0.2) is 0 Å². The van der Waals surface area contributed by atoms with Gasteiger partial charge in [-0.2, -0.15) is 0 Å². The van der Waals surface area contributed by atoms with E-state index in [1.54, 1.807) is 18.2 Å². The van der Waals surface area contributed by atoms with Crippen molar-refractivity contribution in [1.82, 2.24) is 9.88 Å². The lowest BCUT2D eigenvalue weighted by Crippen LogP contribution is -2.49. The quantitative estimate of drug-likeness (QED) is 0.562. The van der Waals surface area contributed by atoms with Crippen LogP contribution in [0.1, 0.15) is 48.5 Å². The Morgan fingerprint density at radius 2 is 2.19 bits per heavy atom. The number of likely N-dealkylation sites (N-methyl/N-ethyl adjacent to an activating group) is 1. The van der Waals surface area contributed by atoms with E-state index in [-0.39, 0.29) is 12.1 Å². The highest BCUT2D eigenvalue weighted by atomic mass is 35.5. The van der Waals surface area contributed by atoms with E-state index in [2.05, 4.69) is 17.4 Å². The Hall–Kier alpha value is -2.15. The highest BCUT2D eigenvalue weighted by Crippen LogP contribution is 2.34. The van der Waals surface area contributed by atoms with Crippen molar-refractivity contribution in [1.29, 1.82) is 0 Å². The van der Waals surface area contributed by atoms with E-state index in [0.29, 0.717) is 17.2 Å². The lowest BCUT2D eigenvalue weighted by Gasteiger charge is -2.43. The molecule has 1 aromatic heterocycles. The summed E-state index contributed by atoms with van der Waals surface area (Å²) in [5.41, 5.74) is 3.13. The van der Waals surface area contributed by atoms with E-state index in [0.717, 1.165) is 50.2 Å². The number of ether oxygens (including phenoxy) is 1. The molecule has 1 aliphatic carbocycles. The number of anilines is 1. The molecule has 6 nitrogen and oxygen atoms in total. The number of carboxylic acids is 1. The number of aryl methyl sites for hydroxylation is 2. The number of nitrogens with one attached hydrogen (secondary N) is 1. The maximum absolute atomic E-state index is 11.9. The van der Waals surface area contributed by atoms with Crippen molar-refractivity contribution < 1.29 is 14.6 Å². The zero-order valence-electron chi connectivity index (χ0n) is 17.9. The fourth-order valence-corrected chi connectivity index (χ4v) is 4.66. The molecule has 0 amide bonds. The standard InChI is InChI=1S/C24H30ClN3O3/c1-28(22(24(29)30)17-5-2-7-18(25)13-17)20-14-21(15-20)31-12-4-8-19-10-9-16-6-3-11-26-23(16)27-19/h2,5,7,9-10,13,20-22H,3-4,6,8,11-12,14-15H2,1H3,(H,26,27)(H,29,30). The second-order valence-corrected chi connectivity index (χ2v) is 8.96. The Balaban J connectivity index is 1.21. The molecule has 2 N–H and O–H groups in total. The fraction of sp³-hybridized carbons (Fsp3) is 0.500. The van der Waals surface area contributed by atoms with Gasteiger partial charge in [-0.1, -0.05) is 29.8 Å². The minimum absolute atomic E-state index is 0.193. The van der Waals surface area contributed by atoms with Crippen molar-refractivity contribution in [3.05, 3.63) is 58.2 Å². The molecule has 1 saturated carbocycles. The number of carbonyl (C=O) groups is 1. The minimum Gasteiger partial charge on any atom is -0.480 e. The second-order valence-electron chi connectivity index (χ2n) is 8.52. The van der Waals surface area contributed by atoms with Gasteiger partial charge < -0.3 is 15.2 Å². The molecular weight excluding hydrogens is 414 g/mol. The van der Waals surface area contributed by atoms with E-state index >= 15 is 0 Å². The Morgan fingerprint density at radius 3 is 2.97 bits per heavy atom. The van der Waals surface area contributed by atoms with Crippen molar-refractivity contribution in [2.24, 2.45) is 0 Å². The lowest BCUT2D eigenvalue weighted by molar-refractivity contribution is -0.146. The predicted octanol–water partition coefficient (Wildman–Crippen LogP) is 4.33. The van der Waals surface area contributed by atoms with E-state index in [1.807, 2.05) is 18.0 Å². The van der Waals surface area contributed by atoms with Crippen molar-refractivity contribution in [2.75, 3.05) is 25.5 Å². The minimum atomic E-state index is -0.860. The number of rotatable bonds is 9. The third kappa shape index (κ3) is 5.37. The number of nitrogens with zero attached hydrogens (tertiary/aromatic N) is 2. The summed E-state index contributed by atoms with van der Waals surface area (Å²) in [5.74, 6) is 0.184. The number of fused-ring (bicyclic) bond motifs is 1. The van der Waals surface area contributed by atoms with Crippen LogP contribution in [0.2, 0.25) is 5.02 Å². The van der Waals surface area contributed by atoms with Gasteiger partial charge in [0.25, 0.3) is 0 Å². The van der Waals surface area contributed by atoms with Gasteiger partial charge >= 0.3 is 5.97 Å². The number of hydrogen-bond donors (Lipinski definition) is 2. The smallest absolute Gasteiger partial charge is 0.325 e. The van der Waals surface area contributed by atoms with Crippen LogP contribution in [-0.2, 0) is 22.4 Å². The largest absolute Gasteiger partial charge is 0.480 e. The maximum Gasteiger partial charge on any atom is 0.325 e. The zero-order chi connectivity index (χ0) is 21.8. The number of hydrogen-bond acceptors (Lipinski definition) is 5. The molecule has 0 radical (unpaired) electrons. The second kappa shape index (κ2) is 9.98. The average Bonchev–Trinajstić information content (AvgIpc) is 2.72. The van der Waals surface area contributed by atoms with Crippen molar-refractivity contribution in [2.45, 2.75) is 56.7 Å². The normalized spacial score (nSPS) is 21.1. The molecule has 0 spiro atoms. The molecule has 7 heteroatoms.